The van der Waals surface area contributed by atoms with E-state index in [0.717, 1.165) is 62.5 Å². The van der Waals surface area contributed by atoms with Crippen molar-refractivity contribution < 1.29 is 14.3 Å². The third-order valence-electron chi connectivity index (χ3n) is 7.91. The number of allylic oxidation sites excluding steroid dienone is 2. The second-order valence-corrected chi connectivity index (χ2v) is 10.4. The van der Waals surface area contributed by atoms with Crippen LogP contribution in [-0.4, -0.2) is 28.7 Å². The molecule has 0 atom stereocenters. The Balaban J connectivity index is 1.31. The molecule has 2 fully saturated rings. The van der Waals surface area contributed by atoms with Gasteiger partial charge >= 0.3 is 0 Å². The van der Waals surface area contributed by atoms with E-state index in [1.165, 1.54) is 12.8 Å². The minimum atomic E-state index is -0.442. The van der Waals surface area contributed by atoms with Gasteiger partial charge in [0.05, 0.1) is 0 Å². The highest BCUT2D eigenvalue weighted by Gasteiger charge is 2.45. The molecule has 0 saturated heterocycles. The summed E-state index contributed by atoms with van der Waals surface area (Å²) in [6.45, 7) is 0. The van der Waals surface area contributed by atoms with Gasteiger partial charge in [-0.15, -0.1) is 0 Å². The molecule has 0 N–H and O–H groups in total. The Hall–Kier alpha value is -3.47. The summed E-state index contributed by atoms with van der Waals surface area (Å²) in [4.78, 5) is 23.6. The van der Waals surface area contributed by atoms with E-state index in [1.807, 2.05) is 60.7 Å². The zero-order valence-electron chi connectivity index (χ0n) is 20.6. The van der Waals surface area contributed by atoms with Gasteiger partial charge in [0.1, 0.15) is 22.6 Å². The van der Waals surface area contributed by atoms with Crippen molar-refractivity contribution in [2.24, 2.45) is 9.98 Å². The summed E-state index contributed by atoms with van der Waals surface area (Å²) in [6.07, 6.45) is 13.6. The van der Waals surface area contributed by atoms with Crippen LogP contribution in [0.2, 0.25) is 0 Å². The Morgan fingerprint density at radius 1 is 0.611 bits per heavy atom. The summed E-state index contributed by atoms with van der Waals surface area (Å²) in [5, 5.41) is 0. The minimum absolute atomic E-state index is 0.121. The molecule has 5 heteroatoms. The van der Waals surface area contributed by atoms with Crippen molar-refractivity contribution in [3.8, 4) is 0 Å². The molecular weight excluding hydrogens is 448 g/mol. The lowest BCUT2D eigenvalue weighted by Crippen LogP contribution is -2.30. The van der Waals surface area contributed by atoms with Gasteiger partial charge in [-0.2, -0.15) is 0 Å². The summed E-state index contributed by atoms with van der Waals surface area (Å²) in [5.41, 5.74) is 1.00. The molecule has 2 spiro atoms. The molecule has 0 unspecified atom stereocenters. The van der Waals surface area contributed by atoms with E-state index in [4.69, 9.17) is 19.5 Å². The molecule has 0 aromatic heterocycles. The zero-order valence-corrected chi connectivity index (χ0v) is 20.6. The van der Waals surface area contributed by atoms with E-state index in [9.17, 15) is 4.79 Å². The van der Waals surface area contributed by atoms with Crippen LogP contribution in [0, 0.1) is 0 Å². The van der Waals surface area contributed by atoms with Gasteiger partial charge in [0.2, 0.25) is 11.8 Å². The molecule has 36 heavy (non-hydrogen) atoms. The zero-order chi connectivity index (χ0) is 24.4. The number of aliphatic imine (C=N–C) groups is 2. The molecule has 0 amide bonds. The van der Waals surface area contributed by atoms with Gasteiger partial charge in [-0.1, -0.05) is 74.9 Å². The van der Waals surface area contributed by atoms with Crippen LogP contribution in [0.3, 0.4) is 0 Å². The van der Waals surface area contributed by atoms with Crippen LogP contribution in [0.4, 0.5) is 0 Å². The quantitative estimate of drug-likeness (QED) is 0.459. The van der Waals surface area contributed by atoms with Crippen LogP contribution < -0.4 is 0 Å². The normalized spacial score (nSPS) is 24.4. The van der Waals surface area contributed by atoms with Crippen molar-refractivity contribution in [3.63, 3.8) is 0 Å². The van der Waals surface area contributed by atoms with Crippen molar-refractivity contribution in [1.29, 1.82) is 0 Å². The first-order valence-corrected chi connectivity index (χ1v) is 13.3. The lowest BCUT2D eigenvalue weighted by atomic mass is 9.80. The fourth-order valence-corrected chi connectivity index (χ4v) is 5.97. The third-order valence-corrected chi connectivity index (χ3v) is 7.91. The summed E-state index contributed by atoms with van der Waals surface area (Å²) in [7, 11) is 0. The number of hydrogen-bond donors (Lipinski definition) is 0. The van der Waals surface area contributed by atoms with Crippen LogP contribution in [0.15, 0.2) is 94.3 Å². The standard InChI is InChI=1S/C31H32N2O3/c34-25(21-26-30(17-9-3-10-18-30)32-28(35-26)23-13-5-1-6-14-23)22-27-31(19-11-4-12-20-31)33-29(36-27)24-15-7-2-8-16-24/h1-2,5-8,13-16,21-22H,3-4,9-12,17-20H2/b26-21+,27-22+. The number of carbonyl (C=O) groups excluding carboxylic acids is 1. The molecule has 2 heterocycles. The number of carbonyl (C=O) groups is 1. The molecule has 4 aliphatic rings. The van der Waals surface area contributed by atoms with Crippen LogP contribution >= 0.6 is 0 Å². The van der Waals surface area contributed by atoms with Gasteiger partial charge in [0, 0.05) is 23.3 Å². The Bertz CT molecular complexity index is 1150. The van der Waals surface area contributed by atoms with Gasteiger partial charge in [-0.3, -0.25) is 4.79 Å². The minimum Gasteiger partial charge on any atom is -0.440 e. The average Bonchev–Trinajstić information content (AvgIpc) is 3.44. The molecule has 184 valence electrons. The molecule has 2 aromatic carbocycles. The maximum absolute atomic E-state index is 13.5. The summed E-state index contributed by atoms with van der Waals surface area (Å²) < 4.78 is 12.6. The maximum Gasteiger partial charge on any atom is 0.222 e. The topological polar surface area (TPSA) is 60.2 Å². The highest BCUT2D eigenvalue weighted by Crippen LogP contribution is 2.45. The molecule has 2 aliphatic carbocycles. The smallest absolute Gasteiger partial charge is 0.222 e. The Labute approximate surface area is 212 Å². The first-order valence-electron chi connectivity index (χ1n) is 13.3. The van der Waals surface area contributed by atoms with E-state index in [-0.39, 0.29) is 5.78 Å². The lowest BCUT2D eigenvalue weighted by Gasteiger charge is -2.30. The van der Waals surface area contributed by atoms with Crippen molar-refractivity contribution in [1.82, 2.24) is 0 Å². The molecule has 0 radical (unpaired) electrons. The molecular formula is C31H32N2O3. The molecule has 2 aromatic rings. The Morgan fingerprint density at radius 2 is 1.00 bits per heavy atom. The maximum atomic E-state index is 13.5. The van der Waals surface area contributed by atoms with Crippen LogP contribution in [0.1, 0.15) is 75.3 Å². The van der Waals surface area contributed by atoms with Crippen molar-refractivity contribution in [2.75, 3.05) is 0 Å². The Kier molecular flexibility index (Phi) is 6.08. The second kappa shape index (κ2) is 9.53. The summed E-state index contributed by atoms with van der Waals surface area (Å²) >= 11 is 0. The van der Waals surface area contributed by atoms with Crippen LogP contribution in [0.5, 0.6) is 0 Å². The number of ketones is 1. The monoisotopic (exact) mass is 480 g/mol. The van der Waals surface area contributed by atoms with Crippen LogP contribution in [-0.2, 0) is 14.3 Å². The fourth-order valence-electron chi connectivity index (χ4n) is 5.97. The molecule has 2 aliphatic heterocycles. The number of rotatable bonds is 4. The van der Waals surface area contributed by atoms with Crippen molar-refractivity contribution in [2.45, 2.75) is 75.3 Å². The van der Waals surface area contributed by atoms with E-state index in [2.05, 4.69) is 0 Å². The van der Waals surface area contributed by atoms with Gasteiger partial charge in [0.25, 0.3) is 0 Å². The van der Waals surface area contributed by atoms with E-state index in [0.29, 0.717) is 23.3 Å². The molecule has 6 rings (SSSR count). The fraction of sp³-hybridized carbons (Fsp3) is 0.387. The van der Waals surface area contributed by atoms with Crippen molar-refractivity contribution in [3.05, 3.63) is 95.5 Å². The molecule has 2 saturated carbocycles. The van der Waals surface area contributed by atoms with Gasteiger partial charge in [-0.25, -0.2) is 9.98 Å². The van der Waals surface area contributed by atoms with Crippen molar-refractivity contribution >= 4 is 17.6 Å². The number of hydrogen-bond acceptors (Lipinski definition) is 5. The predicted octanol–water partition coefficient (Wildman–Crippen LogP) is 6.68. The Morgan fingerprint density at radius 3 is 1.39 bits per heavy atom. The van der Waals surface area contributed by atoms with Gasteiger partial charge < -0.3 is 9.47 Å². The number of nitrogens with zero attached hydrogens (tertiary/aromatic N) is 2. The first-order chi connectivity index (χ1) is 17.7. The van der Waals surface area contributed by atoms with E-state index < -0.39 is 11.1 Å². The van der Waals surface area contributed by atoms with Gasteiger partial charge in [0.15, 0.2) is 5.78 Å². The molecule has 0 bridgehead atoms. The average molecular weight is 481 g/mol. The summed E-state index contributed by atoms with van der Waals surface area (Å²) in [5.74, 6) is 2.44. The van der Waals surface area contributed by atoms with E-state index in [1.54, 1.807) is 12.2 Å². The van der Waals surface area contributed by atoms with Gasteiger partial charge in [-0.05, 0) is 49.9 Å². The number of ether oxygens (including phenoxy) is 2. The second-order valence-electron chi connectivity index (χ2n) is 10.4. The third kappa shape index (κ3) is 4.32. The summed E-state index contributed by atoms with van der Waals surface area (Å²) in [6, 6.07) is 19.9. The number of benzene rings is 2. The molecule has 5 nitrogen and oxygen atoms in total. The lowest BCUT2D eigenvalue weighted by molar-refractivity contribution is -0.110. The SMILES string of the molecule is O=C(/C=C1/OC(c2ccccc2)=NC12CCCCC2)/C=C1/OC(c2ccccc2)=NC12CCCCC2. The first kappa shape index (κ1) is 23.0. The highest BCUT2D eigenvalue weighted by molar-refractivity contribution is 6.04. The largest absolute Gasteiger partial charge is 0.440 e. The predicted molar refractivity (Wildman–Crippen MR) is 141 cm³/mol. The highest BCUT2D eigenvalue weighted by atomic mass is 16.5. The van der Waals surface area contributed by atoms with E-state index >= 15 is 0 Å². The van der Waals surface area contributed by atoms with Crippen LogP contribution in [0.25, 0.3) is 0 Å².